The Labute approximate surface area is 106 Å². The highest BCUT2D eigenvalue weighted by Crippen LogP contribution is 2.31. The fourth-order valence-electron chi connectivity index (χ4n) is 2.82. The summed E-state index contributed by atoms with van der Waals surface area (Å²) in [7, 11) is 0. The number of alkyl halides is 2. The van der Waals surface area contributed by atoms with E-state index < -0.39 is 19.1 Å². The molecule has 2 heterocycles. The molecule has 0 aromatic heterocycles. The summed E-state index contributed by atoms with van der Waals surface area (Å²) in [6, 6.07) is 0.111. The van der Waals surface area contributed by atoms with Gasteiger partial charge in [-0.3, -0.25) is 4.90 Å². The summed E-state index contributed by atoms with van der Waals surface area (Å²) < 4.78 is 30.1. The molecule has 0 N–H and O–H groups in total. The first-order chi connectivity index (χ1) is 8.27. The number of carbonyl (C=O) groups excluding carboxylic acids is 1. The van der Waals surface area contributed by atoms with Crippen molar-refractivity contribution in [2.24, 2.45) is 0 Å². The Morgan fingerprint density at radius 2 is 2.06 bits per heavy atom. The molecule has 6 heteroatoms. The van der Waals surface area contributed by atoms with Gasteiger partial charge in [-0.2, -0.15) is 0 Å². The molecule has 2 saturated heterocycles. The topological polar surface area (TPSA) is 32.8 Å². The predicted molar refractivity (Wildman–Crippen MR) is 62.7 cm³/mol. The molecule has 2 aliphatic heterocycles. The average Bonchev–Trinajstić information content (AvgIpc) is 2.51. The first kappa shape index (κ1) is 13.5. The minimum Gasteiger partial charge on any atom is -0.445 e. The first-order valence-corrected chi connectivity index (χ1v) is 6.28. The Morgan fingerprint density at radius 3 is 2.61 bits per heavy atom. The van der Waals surface area contributed by atoms with E-state index in [9.17, 15) is 13.6 Å². The molecule has 1 amide bonds. The summed E-state index contributed by atoms with van der Waals surface area (Å²) in [5.74, 6) is 0. The fourth-order valence-corrected chi connectivity index (χ4v) is 2.82. The lowest BCUT2D eigenvalue weighted by Gasteiger charge is -2.39. The van der Waals surface area contributed by atoms with Crippen molar-refractivity contribution in [3.8, 4) is 0 Å². The molecule has 2 fully saturated rings. The maximum Gasteiger partial charge on any atom is 0.410 e. The molecule has 18 heavy (non-hydrogen) atoms. The average molecular weight is 262 g/mol. The smallest absolute Gasteiger partial charge is 0.410 e. The molecule has 2 atom stereocenters. The van der Waals surface area contributed by atoms with Crippen LogP contribution >= 0.6 is 0 Å². The zero-order valence-corrected chi connectivity index (χ0v) is 11.0. The summed E-state index contributed by atoms with van der Waals surface area (Å²) in [4.78, 5) is 15.0. The fraction of sp³-hybridized carbons (Fsp3) is 0.917. The van der Waals surface area contributed by atoms with Crippen molar-refractivity contribution in [3.05, 3.63) is 0 Å². The second-order valence-corrected chi connectivity index (χ2v) is 6.01. The first-order valence-electron chi connectivity index (χ1n) is 6.28. The van der Waals surface area contributed by atoms with Gasteiger partial charge < -0.3 is 9.64 Å². The maximum atomic E-state index is 12.4. The predicted octanol–water partition coefficient (Wildman–Crippen LogP) is 1.95. The maximum absolute atomic E-state index is 12.4. The van der Waals surface area contributed by atoms with Gasteiger partial charge in [0.15, 0.2) is 0 Å². The van der Waals surface area contributed by atoms with E-state index in [1.807, 2.05) is 0 Å². The molecular weight excluding hydrogens is 242 g/mol. The van der Waals surface area contributed by atoms with Gasteiger partial charge in [0.25, 0.3) is 6.43 Å². The SMILES string of the molecule is CC(C)(C)N1CC2CC1CN(CC(F)F)C(=O)O2. The van der Waals surface area contributed by atoms with E-state index in [0.717, 1.165) is 11.3 Å². The van der Waals surface area contributed by atoms with Crippen molar-refractivity contribution in [3.63, 3.8) is 0 Å². The van der Waals surface area contributed by atoms with Crippen LogP contribution in [0.4, 0.5) is 13.6 Å². The van der Waals surface area contributed by atoms with Gasteiger partial charge >= 0.3 is 6.09 Å². The summed E-state index contributed by atoms with van der Waals surface area (Å²) in [6.07, 6.45) is -2.54. The van der Waals surface area contributed by atoms with Gasteiger partial charge in [-0.15, -0.1) is 0 Å². The van der Waals surface area contributed by atoms with E-state index in [0.29, 0.717) is 13.1 Å². The zero-order chi connectivity index (χ0) is 13.5. The third-order valence-corrected chi connectivity index (χ3v) is 3.55. The second-order valence-electron chi connectivity index (χ2n) is 6.01. The van der Waals surface area contributed by atoms with Crippen LogP contribution < -0.4 is 0 Å². The van der Waals surface area contributed by atoms with Crippen molar-refractivity contribution in [1.29, 1.82) is 0 Å². The Bertz CT molecular complexity index is 331. The number of hydrogen-bond donors (Lipinski definition) is 0. The third kappa shape index (κ3) is 2.74. The summed E-state index contributed by atoms with van der Waals surface area (Å²) in [6.45, 7) is 6.75. The van der Waals surface area contributed by atoms with Crippen LogP contribution in [0.3, 0.4) is 0 Å². The molecule has 0 spiro atoms. The van der Waals surface area contributed by atoms with Gasteiger partial charge in [0, 0.05) is 31.1 Å². The van der Waals surface area contributed by atoms with Gasteiger partial charge in [-0.25, -0.2) is 13.6 Å². The van der Waals surface area contributed by atoms with Gasteiger partial charge in [0.2, 0.25) is 0 Å². The van der Waals surface area contributed by atoms with Crippen molar-refractivity contribution >= 4 is 6.09 Å². The summed E-state index contributed by atoms with van der Waals surface area (Å²) >= 11 is 0. The monoisotopic (exact) mass is 262 g/mol. The third-order valence-electron chi connectivity index (χ3n) is 3.55. The van der Waals surface area contributed by atoms with Crippen LogP contribution in [0.25, 0.3) is 0 Å². The highest BCUT2D eigenvalue weighted by molar-refractivity contribution is 5.68. The molecule has 2 bridgehead atoms. The number of likely N-dealkylation sites (tertiary alicyclic amines) is 1. The highest BCUT2D eigenvalue weighted by Gasteiger charge is 2.44. The molecule has 0 saturated carbocycles. The van der Waals surface area contributed by atoms with Gasteiger partial charge in [0.1, 0.15) is 6.10 Å². The van der Waals surface area contributed by atoms with Crippen LogP contribution in [-0.2, 0) is 4.74 Å². The van der Waals surface area contributed by atoms with Crippen LogP contribution in [0, 0.1) is 0 Å². The lowest BCUT2D eigenvalue weighted by atomic mass is 10.0. The minimum atomic E-state index is -2.52. The van der Waals surface area contributed by atoms with E-state index in [-0.39, 0.29) is 17.7 Å². The summed E-state index contributed by atoms with van der Waals surface area (Å²) in [5.41, 5.74) is -0.0420. The normalized spacial score (nSPS) is 29.7. The van der Waals surface area contributed by atoms with Crippen LogP contribution in [-0.4, -0.2) is 59.6 Å². The highest BCUT2D eigenvalue weighted by atomic mass is 19.3. The molecule has 0 aliphatic carbocycles. The zero-order valence-electron chi connectivity index (χ0n) is 11.0. The quantitative estimate of drug-likeness (QED) is 0.762. The molecule has 4 nitrogen and oxygen atoms in total. The van der Waals surface area contributed by atoms with E-state index >= 15 is 0 Å². The molecule has 2 rings (SSSR count). The number of fused-ring (bicyclic) bond motifs is 2. The molecule has 0 aromatic rings. The van der Waals surface area contributed by atoms with Gasteiger partial charge in [-0.05, 0) is 20.8 Å². The summed E-state index contributed by atoms with van der Waals surface area (Å²) in [5, 5.41) is 0. The molecule has 104 valence electrons. The van der Waals surface area contributed by atoms with Crippen molar-refractivity contribution in [1.82, 2.24) is 9.80 Å². The Hall–Kier alpha value is -0.910. The van der Waals surface area contributed by atoms with E-state index in [4.69, 9.17) is 4.74 Å². The lowest BCUT2D eigenvalue weighted by molar-refractivity contribution is 0.0170. The lowest BCUT2D eigenvalue weighted by Crippen LogP contribution is -2.52. The van der Waals surface area contributed by atoms with E-state index in [2.05, 4.69) is 25.7 Å². The van der Waals surface area contributed by atoms with Crippen LogP contribution in [0.15, 0.2) is 0 Å². The second kappa shape index (κ2) is 4.64. The number of hydrogen-bond acceptors (Lipinski definition) is 3. The van der Waals surface area contributed by atoms with Crippen molar-refractivity contribution < 1.29 is 18.3 Å². The standard InChI is InChI=1S/C12H20F2N2O2/c1-12(2,3)16-6-9-4-8(16)5-15(7-10(13)14)11(17)18-9/h8-10H,4-7H2,1-3H3. The molecule has 2 unspecified atom stereocenters. The van der Waals surface area contributed by atoms with Crippen LogP contribution in [0.1, 0.15) is 27.2 Å². The Morgan fingerprint density at radius 1 is 1.39 bits per heavy atom. The number of ether oxygens (including phenoxy) is 1. The number of halogens is 2. The van der Waals surface area contributed by atoms with E-state index in [1.165, 1.54) is 0 Å². The number of rotatable bonds is 2. The largest absolute Gasteiger partial charge is 0.445 e. The molecule has 0 radical (unpaired) electrons. The number of nitrogens with zero attached hydrogens (tertiary/aromatic N) is 2. The van der Waals surface area contributed by atoms with E-state index in [1.54, 1.807) is 0 Å². The number of carbonyl (C=O) groups is 1. The Kier molecular flexibility index (Phi) is 3.49. The van der Waals surface area contributed by atoms with Crippen molar-refractivity contribution in [2.75, 3.05) is 19.6 Å². The van der Waals surface area contributed by atoms with Crippen LogP contribution in [0.5, 0.6) is 0 Å². The molecule has 0 aromatic carbocycles. The van der Waals surface area contributed by atoms with Crippen molar-refractivity contribution in [2.45, 2.75) is 51.3 Å². The number of amides is 1. The van der Waals surface area contributed by atoms with Gasteiger partial charge in [-0.1, -0.05) is 0 Å². The molecule has 2 aliphatic rings. The Balaban J connectivity index is 2.10. The minimum absolute atomic E-state index is 0.0420. The molecular formula is C12H20F2N2O2. The van der Waals surface area contributed by atoms with Gasteiger partial charge in [0.05, 0.1) is 6.54 Å². The van der Waals surface area contributed by atoms with Crippen LogP contribution in [0.2, 0.25) is 0 Å².